The molecule has 1 aromatic carbocycles. The third-order valence-electron chi connectivity index (χ3n) is 3.32. The number of hydrogen-bond acceptors (Lipinski definition) is 4. The van der Waals surface area contributed by atoms with E-state index >= 15 is 0 Å². The van der Waals surface area contributed by atoms with E-state index in [0.29, 0.717) is 5.02 Å². The zero-order valence-corrected chi connectivity index (χ0v) is 13.1. The van der Waals surface area contributed by atoms with Gasteiger partial charge in [0.1, 0.15) is 0 Å². The molecule has 3 N–H and O–H groups in total. The van der Waals surface area contributed by atoms with E-state index in [1.165, 1.54) is 0 Å². The molecule has 6 heteroatoms. The lowest BCUT2D eigenvalue weighted by atomic mass is 10.2. The van der Waals surface area contributed by atoms with Crippen LogP contribution in [0.3, 0.4) is 0 Å². The molecular weight excluding hydrogens is 295 g/mol. The SMILES string of the molecule is C1CNCCN1.Clc1ccc(N2CCNCC2)c(Cl)c1. The highest BCUT2D eigenvalue weighted by molar-refractivity contribution is 6.36. The average Bonchev–Trinajstić information content (AvgIpc) is 2.50. The standard InChI is InChI=1S/C10H12Cl2N2.C4H10N2/c11-8-1-2-10(9(12)7-8)14-5-3-13-4-6-14;1-2-6-4-3-5-1/h1-2,7,13H,3-6H2;5-6H,1-4H2. The molecule has 112 valence electrons. The van der Waals surface area contributed by atoms with E-state index in [2.05, 4.69) is 20.9 Å². The second-order valence-corrected chi connectivity index (χ2v) is 5.68. The summed E-state index contributed by atoms with van der Waals surface area (Å²) in [5, 5.41) is 11.2. The zero-order valence-electron chi connectivity index (χ0n) is 11.6. The quantitative estimate of drug-likeness (QED) is 0.735. The Bertz CT molecular complexity index is 393. The van der Waals surface area contributed by atoms with Crippen LogP contribution in [0.15, 0.2) is 18.2 Å². The maximum absolute atomic E-state index is 6.12. The average molecular weight is 317 g/mol. The van der Waals surface area contributed by atoms with Crippen LogP contribution in [-0.2, 0) is 0 Å². The van der Waals surface area contributed by atoms with Crippen molar-refractivity contribution in [2.24, 2.45) is 0 Å². The van der Waals surface area contributed by atoms with Gasteiger partial charge in [-0.3, -0.25) is 0 Å². The topological polar surface area (TPSA) is 39.3 Å². The molecular formula is C14H22Cl2N4. The number of nitrogens with one attached hydrogen (secondary N) is 3. The summed E-state index contributed by atoms with van der Waals surface area (Å²) >= 11 is 12.0. The summed E-state index contributed by atoms with van der Waals surface area (Å²) in [4.78, 5) is 2.27. The van der Waals surface area contributed by atoms with Crippen LogP contribution in [0.1, 0.15) is 0 Å². The van der Waals surface area contributed by atoms with Crippen molar-refractivity contribution in [3.8, 4) is 0 Å². The summed E-state index contributed by atoms with van der Waals surface area (Å²) in [7, 11) is 0. The van der Waals surface area contributed by atoms with Crippen LogP contribution in [0.5, 0.6) is 0 Å². The summed E-state index contributed by atoms with van der Waals surface area (Å²) in [5.41, 5.74) is 1.08. The van der Waals surface area contributed by atoms with Crippen LogP contribution in [0.4, 0.5) is 5.69 Å². The maximum Gasteiger partial charge on any atom is 0.0654 e. The van der Waals surface area contributed by atoms with Crippen LogP contribution in [-0.4, -0.2) is 52.4 Å². The monoisotopic (exact) mass is 316 g/mol. The van der Waals surface area contributed by atoms with Gasteiger partial charge in [0.15, 0.2) is 0 Å². The number of halogens is 2. The summed E-state index contributed by atoms with van der Waals surface area (Å²) in [6.45, 7) is 8.58. The van der Waals surface area contributed by atoms with E-state index in [0.717, 1.165) is 63.1 Å². The Labute approximate surface area is 130 Å². The van der Waals surface area contributed by atoms with E-state index in [4.69, 9.17) is 23.2 Å². The Morgan fingerprint density at radius 2 is 1.35 bits per heavy atom. The van der Waals surface area contributed by atoms with Gasteiger partial charge >= 0.3 is 0 Å². The third-order valence-corrected chi connectivity index (χ3v) is 3.86. The van der Waals surface area contributed by atoms with Crippen molar-refractivity contribution in [3.63, 3.8) is 0 Å². The van der Waals surface area contributed by atoms with Gasteiger partial charge in [-0.15, -0.1) is 0 Å². The van der Waals surface area contributed by atoms with Crippen molar-refractivity contribution >= 4 is 28.9 Å². The lowest BCUT2D eigenvalue weighted by Crippen LogP contribution is -2.43. The Morgan fingerprint density at radius 3 is 1.85 bits per heavy atom. The van der Waals surface area contributed by atoms with Gasteiger partial charge in [0.05, 0.1) is 10.7 Å². The fraction of sp³-hybridized carbons (Fsp3) is 0.571. The number of anilines is 1. The molecule has 0 saturated carbocycles. The molecule has 0 bridgehead atoms. The third kappa shape index (κ3) is 5.11. The number of benzene rings is 1. The molecule has 0 unspecified atom stereocenters. The van der Waals surface area contributed by atoms with Gasteiger partial charge in [-0.25, -0.2) is 0 Å². The highest BCUT2D eigenvalue weighted by Gasteiger charge is 2.13. The van der Waals surface area contributed by atoms with Gasteiger partial charge in [0.2, 0.25) is 0 Å². The zero-order chi connectivity index (χ0) is 14.2. The highest BCUT2D eigenvalue weighted by Crippen LogP contribution is 2.28. The van der Waals surface area contributed by atoms with Gasteiger partial charge in [0.25, 0.3) is 0 Å². The second kappa shape index (κ2) is 8.70. The minimum atomic E-state index is 0.689. The fourth-order valence-corrected chi connectivity index (χ4v) is 2.78. The van der Waals surface area contributed by atoms with E-state index in [9.17, 15) is 0 Å². The molecule has 2 aliphatic heterocycles. The molecule has 20 heavy (non-hydrogen) atoms. The molecule has 2 aliphatic rings. The number of hydrogen-bond donors (Lipinski definition) is 3. The molecule has 1 aromatic rings. The first-order valence-electron chi connectivity index (χ1n) is 7.09. The minimum Gasteiger partial charge on any atom is -0.368 e. The predicted octanol–water partition coefficient (Wildman–Crippen LogP) is 1.58. The number of nitrogens with zero attached hydrogens (tertiary/aromatic N) is 1. The summed E-state index contributed by atoms with van der Waals surface area (Å²) in [6, 6.07) is 5.65. The van der Waals surface area contributed by atoms with E-state index in [-0.39, 0.29) is 0 Å². The molecule has 2 heterocycles. The van der Waals surface area contributed by atoms with Crippen molar-refractivity contribution in [2.75, 3.05) is 57.3 Å². The summed E-state index contributed by atoms with van der Waals surface area (Å²) < 4.78 is 0. The molecule has 2 saturated heterocycles. The molecule has 0 aromatic heterocycles. The van der Waals surface area contributed by atoms with E-state index in [1.807, 2.05) is 12.1 Å². The first-order chi connectivity index (χ1) is 9.77. The Balaban J connectivity index is 0.000000205. The van der Waals surface area contributed by atoms with Crippen molar-refractivity contribution in [2.45, 2.75) is 0 Å². The van der Waals surface area contributed by atoms with Crippen molar-refractivity contribution in [1.82, 2.24) is 16.0 Å². The highest BCUT2D eigenvalue weighted by atomic mass is 35.5. The molecule has 2 fully saturated rings. The Hall–Kier alpha value is -0.520. The molecule has 0 aliphatic carbocycles. The lowest BCUT2D eigenvalue weighted by molar-refractivity contribution is 0.534. The van der Waals surface area contributed by atoms with Crippen LogP contribution >= 0.6 is 23.2 Å². The Kier molecular flexibility index (Phi) is 6.90. The van der Waals surface area contributed by atoms with Gasteiger partial charge in [-0.2, -0.15) is 0 Å². The fourth-order valence-electron chi connectivity index (χ4n) is 2.25. The largest absolute Gasteiger partial charge is 0.368 e. The van der Waals surface area contributed by atoms with Crippen LogP contribution < -0.4 is 20.9 Å². The number of rotatable bonds is 1. The van der Waals surface area contributed by atoms with Gasteiger partial charge in [-0.05, 0) is 18.2 Å². The van der Waals surface area contributed by atoms with Crippen LogP contribution in [0, 0.1) is 0 Å². The second-order valence-electron chi connectivity index (χ2n) is 4.83. The van der Waals surface area contributed by atoms with Crippen molar-refractivity contribution in [1.29, 1.82) is 0 Å². The first-order valence-corrected chi connectivity index (χ1v) is 7.85. The van der Waals surface area contributed by atoms with Gasteiger partial charge in [0, 0.05) is 57.4 Å². The van der Waals surface area contributed by atoms with E-state index < -0.39 is 0 Å². The lowest BCUT2D eigenvalue weighted by Gasteiger charge is -2.30. The smallest absolute Gasteiger partial charge is 0.0654 e. The summed E-state index contributed by atoms with van der Waals surface area (Å²) in [6.07, 6.45) is 0. The molecule has 3 rings (SSSR count). The summed E-state index contributed by atoms with van der Waals surface area (Å²) in [5.74, 6) is 0. The normalized spacial score (nSPS) is 19.2. The van der Waals surface area contributed by atoms with Gasteiger partial charge in [-0.1, -0.05) is 23.2 Å². The predicted molar refractivity (Wildman–Crippen MR) is 87.3 cm³/mol. The molecule has 0 radical (unpaired) electrons. The Morgan fingerprint density at radius 1 is 0.800 bits per heavy atom. The molecule has 4 nitrogen and oxygen atoms in total. The molecule has 0 atom stereocenters. The van der Waals surface area contributed by atoms with Crippen LogP contribution in [0.25, 0.3) is 0 Å². The van der Waals surface area contributed by atoms with Crippen molar-refractivity contribution < 1.29 is 0 Å². The van der Waals surface area contributed by atoms with E-state index in [1.54, 1.807) is 6.07 Å². The first kappa shape index (κ1) is 15.9. The van der Waals surface area contributed by atoms with Crippen LogP contribution in [0.2, 0.25) is 10.0 Å². The maximum atomic E-state index is 6.12. The minimum absolute atomic E-state index is 0.689. The number of piperazine rings is 2. The molecule has 0 amide bonds. The molecule has 0 spiro atoms. The van der Waals surface area contributed by atoms with Gasteiger partial charge < -0.3 is 20.9 Å². The van der Waals surface area contributed by atoms with Crippen molar-refractivity contribution in [3.05, 3.63) is 28.2 Å².